The van der Waals surface area contributed by atoms with Crippen LogP contribution in [0.15, 0.2) is 24.7 Å². The SMILES string of the molecule is Cc1cc2c(N3CCN(c4ccnc(C5CC5)n4)CC3)ncnc2s1. The number of thiophene rings is 1. The van der Waals surface area contributed by atoms with Crippen LogP contribution in [0.25, 0.3) is 10.2 Å². The lowest BCUT2D eigenvalue weighted by molar-refractivity contribution is 0.640. The summed E-state index contributed by atoms with van der Waals surface area (Å²) in [6.45, 7) is 5.93. The molecule has 4 heterocycles. The van der Waals surface area contributed by atoms with Crippen molar-refractivity contribution in [1.29, 1.82) is 0 Å². The van der Waals surface area contributed by atoms with Gasteiger partial charge in [-0.15, -0.1) is 11.3 Å². The predicted molar refractivity (Wildman–Crippen MR) is 101 cm³/mol. The highest BCUT2D eigenvalue weighted by Gasteiger charge is 2.28. The van der Waals surface area contributed by atoms with Crippen molar-refractivity contribution in [1.82, 2.24) is 19.9 Å². The zero-order valence-corrected chi connectivity index (χ0v) is 15.0. The van der Waals surface area contributed by atoms with Crippen molar-refractivity contribution >= 4 is 33.2 Å². The van der Waals surface area contributed by atoms with Gasteiger partial charge in [0.15, 0.2) is 0 Å². The maximum Gasteiger partial charge on any atom is 0.140 e. The van der Waals surface area contributed by atoms with E-state index >= 15 is 0 Å². The average molecular weight is 352 g/mol. The Morgan fingerprint density at radius 2 is 1.84 bits per heavy atom. The number of piperazine rings is 1. The molecule has 7 heteroatoms. The van der Waals surface area contributed by atoms with Gasteiger partial charge in [-0.3, -0.25) is 0 Å². The van der Waals surface area contributed by atoms with Crippen LogP contribution >= 0.6 is 11.3 Å². The van der Waals surface area contributed by atoms with Crippen LogP contribution < -0.4 is 9.80 Å². The molecular weight excluding hydrogens is 332 g/mol. The second kappa shape index (κ2) is 5.91. The number of anilines is 2. The van der Waals surface area contributed by atoms with Crippen LogP contribution in [0.3, 0.4) is 0 Å². The first-order chi connectivity index (χ1) is 12.3. The summed E-state index contributed by atoms with van der Waals surface area (Å²) in [4.78, 5) is 25.3. The molecule has 1 aliphatic carbocycles. The summed E-state index contributed by atoms with van der Waals surface area (Å²) in [5, 5.41) is 1.18. The zero-order valence-electron chi connectivity index (χ0n) is 14.2. The molecule has 1 saturated heterocycles. The standard InChI is InChI=1S/C18H20N6S/c1-12-10-14-17(20-11-21-18(14)25-12)24-8-6-23(7-9-24)15-4-5-19-16(22-15)13-2-3-13/h4-5,10-11,13H,2-3,6-9H2,1H3. The Balaban J connectivity index is 1.34. The Bertz CT molecular complexity index is 911. The lowest BCUT2D eigenvalue weighted by atomic mass is 10.2. The quantitative estimate of drug-likeness (QED) is 0.722. The van der Waals surface area contributed by atoms with Gasteiger partial charge < -0.3 is 9.80 Å². The van der Waals surface area contributed by atoms with E-state index in [1.165, 1.54) is 23.1 Å². The lowest BCUT2D eigenvalue weighted by Gasteiger charge is -2.36. The van der Waals surface area contributed by atoms with Gasteiger partial charge in [-0.25, -0.2) is 19.9 Å². The Morgan fingerprint density at radius 3 is 2.64 bits per heavy atom. The molecule has 0 aromatic carbocycles. The highest BCUT2D eigenvalue weighted by atomic mass is 32.1. The topological polar surface area (TPSA) is 58.0 Å². The van der Waals surface area contributed by atoms with Gasteiger partial charge in [0.1, 0.15) is 28.6 Å². The van der Waals surface area contributed by atoms with E-state index in [-0.39, 0.29) is 0 Å². The fourth-order valence-corrected chi connectivity index (χ4v) is 4.28. The van der Waals surface area contributed by atoms with E-state index in [0.29, 0.717) is 5.92 Å². The summed E-state index contributed by atoms with van der Waals surface area (Å²) < 4.78 is 0. The molecule has 0 bridgehead atoms. The summed E-state index contributed by atoms with van der Waals surface area (Å²) in [6.07, 6.45) is 6.07. The Hall–Kier alpha value is -2.28. The minimum atomic E-state index is 0.595. The van der Waals surface area contributed by atoms with Crippen LogP contribution in [0.5, 0.6) is 0 Å². The minimum absolute atomic E-state index is 0.595. The maximum atomic E-state index is 4.78. The first-order valence-corrected chi connectivity index (χ1v) is 9.63. The number of hydrogen-bond donors (Lipinski definition) is 0. The predicted octanol–water partition coefficient (Wildman–Crippen LogP) is 2.99. The average Bonchev–Trinajstić information content (AvgIpc) is 3.42. The third kappa shape index (κ3) is 2.82. The van der Waals surface area contributed by atoms with Gasteiger partial charge in [-0.05, 0) is 31.9 Å². The first kappa shape index (κ1) is 15.0. The van der Waals surface area contributed by atoms with Crippen molar-refractivity contribution in [2.24, 2.45) is 0 Å². The molecule has 1 saturated carbocycles. The van der Waals surface area contributed by atoms with Crippen LogP contribution in [-0.4, -0.2) is 46.1 Å². The molecule has 0 amide bonds. The number of aryl methyl sites for hydroxylation is 1. The molecular formula is C18H20N6S. The highest BCUT2D eigenvalue weighted by Crippen LogP contribution is 2.38. The van der Waals surface area contributed by atoms with E-state index in [2.05, 4.69) is 37.7 Å². The minimum Gasteiger partial charge on any atom is -0.353 e. The van der Waals surface area contributed by atoms with E-state index in [9.17, 15) is 0 Å². The first-order valence-electron chi connectivity index (χ1n) is 8.82. The van der Waals surface area contributed by atoms with E-state index in [4.69, 9.17) is 4.98 Å². The molecule has 2 aliphatic rings. The number of nitrogens with zero attached hydrogens (tertiary/aromatic N) is 6. The molecule has 25 heavy (non-hydrogen) atoms. The largest absolute Gasteiger partial charge is 0.353 e. The number of fused-ring (bicyclic) bond motifs is 1. The molecule has 3 aromatic heterocycles. The third-order valence-corrected chi connectivity index (χ3v) is 5.90. The number of aromatic nitrogens is 4. The van der Waals surface area contributed by atoms with Gasteiger partial charge in [0, 0.05) is 43.2 Å². The molecule has 6 nitrogen and oxygen atoms in total. The third-order valence-electron chi connectivity index (χ3n) is 4.94. The van der Waals surface area contributed by atoms with Gasteiger partial charge in [-0.1, -0.05) is 0 Å². The molecule has 128 valence electrons. The summed E-state index contributed by atoms with van der Waals surface area (Å²) in [5.41, 5.74) is 0. The normalized spacial score (nSPS) is 18.1. The molecule has 0 atom stereocenters. The fourth-order valence-electron chi connectivity index (χ4n) is 3.44. The Labute approximate surface area is 150 Å². The summed E-state index contributed by atoms with van der Waals surface area (Å²) >= 11 is 1.73. The fraction of sp³-hybridized carbons (Fsp3) is 0.444. The van der Waals surface area contributed by atoms with Gasteiger partial charge in [0.05, 0.1) is 5.39 Å². The molecule has 0 unspecified atom stereocenters. The maximum absolute atomic E-state index is 4.78. The molecule has 0 N–H and O–H groups in total. The van der Waals surface area contributed by atoms with E-state index < -0.39 is 0 Å². The van der Waals surface area contributed by atoms with Gasteiger partial charge in [0.2, 0.25) is 0 Å². The van der Waals surface area contributed by atoms with E-state index in [0.717, 1.165) is 48.5 Å². The monoisotopic (exact) mass is 352 g/mol. The smallest absolute Gasteiger partial charge is 0.140 e. The second-order valence-corrected chi connectivity index (χ2v) is 8.03. The van der Waals surface area contributed by atoms with Crippen LogP contribution in [-0.2, 0) is 0 Å². The van der Waals surface area contributed by atoms with Crippen LogP contribution in [0.2, 0.25) is 0 Å². The van der Waals surface area contributed by atoms with Crippen molar-refractivity contribution in [2.75, 3.05) is 36.0 Å². The van der Waals surface area contributed by atoms with Crippen LogP contribution in [0, 0.1) is 6.92 Å². The molecule has 3 aromatic rings. The van der Waals surface area contributed by atoms with Crippen molar-refractivity contribution in [3.63, 3.8) is 0 Å². The van der Waals surface area contributed by atoms with E-state index in [1.807, 2.05) is 12.3 Å². The second-order valence-electron chi connectivity index (χ2n) is 6.79. The highest BCUT2D eigenvalue weighted by molar-refractivity contribution is 7.18. The number of rotatable bonds is 3. The molecule has 5 rings (SSSR count). The summed E-state index contributed by atoms with van der Waals surface area (Å²) in [5.74, 6) is 3.75. The van der Waals surface area contributed by atoms with Crippen molar-refractivity contribution in [3.05, 3.63) is 35.4 Å². The lowest BCUT2D eigenvalue weighted by Crippen LogP contribution is -2.47. The summed E-state index contributed by atoms with van der Waals surface area (Å²) in [7, 11) is 0. The van der Waals surface area contributed by atoms with Crippen molar-refractivity contribution in [3.8, 4) is 0 Å². The van der Waals surface area contributed by atoms with Crippen LogP contribution in [0.4, 0.5) is 11.6 Å². The summed E-state index contributed by atoms with van der Waals surface area (Å²) in [6, 6.07) is 4.24. The van der Waals surface area contributed by atoms with Crippen molar-refractivity contribution in [2.45, 2.75) is 25.7 Å². The molecule has 0 radical (unpaired) electrons. The van der Waals surface area contributed by atoms with Crippen LogP contribution in [0.1, 0.15) is 29.5 Å². The van der Waals surface area contributed by atoms with Crippen molar-refractivity contribution < 1.29 is 0 Å². The molecule has 0 spiro atoms. The zero-order chi connectivity index (χ0) is 16.8. The van der Waals surface area contributed by atoms with Gasteiger partial charge in [-0.2, -0.15) is 0 Å². The molecule has 1 aliphatic heterocycles. The Morgan fingerprint density at radius 1 is 1.04 bits per heavy atom. The van der Waals surface area contributed by atoms with Gasteiger partial charge >= 0.3 is 0 Å². The molecule has 2 fully saturated rings. The van der Waals surface area contributed by atoms with Gasteiger partial charge in [0.25, 0.3) is 0 Å². The Kier molecular flexibility index (Phi) is 3.55. The number of hydrogen-bond acceptors (Lipinski definition) is 7. The van der Waals surface area contributed by atoms with E-state index in [1.54, 1.807) is 17.7 Å².